The van der Waals surface area contributed by atoms with Gasteiger partial charge in [0.15, 0.2) is 0 Å². The molecular weight excluding hydrogens is 625 g/mol. The van der Waals surface area contributed by atoms with Crippen LogP contribution in [0.15, 0.2) is 194 Å². The molecule has 0 N–H and O–H groups in total. The molecule has 0 saturated carbocycles. The zero-order chi connectivity index (χ0) is 34.2. The highest BCUT2D eigenvalue weighted by molar-refractivity contribution is 6.41. The lowest BCUT2D eigenvalue weighted by Gasteiger charge is -2.21. The fourth-order valence-electron chi connectivity index (χ4n) is 8.94. The van der Waals surface area contributed by atoms with Gasteiger partial charge in [0.25, 0.3) is 0 Å². The predicted molar refractivity (Wildman–Crippen MR) is 224 cm³/mol. The van der Waals surface area contributed by atoms with Crippen molar-refractivity contribution in [3.05, 3.63) is 194 Å². The Kier molecular flexibility index (Phi) is 6.35. The summed E-state index contributed by atoms with van der Waals surface area (Å²) in [7, 11) is 0. The Morgan fingerprint density at radius 1 is 0.212 bits per heavy atom. The van der Waals surface area contributed by atoms with Crippen LogP contribution in [0, 0.1) is 0 Å². The molecule has 0 aromatic heterocycles. The number of fused-ring (bicyclic) bond motifs is 5. The molecule has 0 spiro atoms. The molecule has 0 aliphatic heterocycles. The third kappa shape index (κ3) is 4.28. The maximum Gasteiger partial charge on any atom is -0.00137 e. The largest absolute Gasteiger partial charge is 0.0622 e. The predicted octanol–water partition coefficient (Wildman–Crippen LogP) is 14.7. The molecule has 0 nitrogen and oxygen atoms in total. The minimum absolute atomic E-state index is 1.22. The van der Waals surface area contributed by atoms with Gasteiger partial charge in [-0.25, -0.2) is 0 Å². The second kappa shape index (κ2) is 11.4. The van der Waals surface area contributed by atoms with E-state index in [2.05, 4.69) is 194 Å². The van der Waals surface area contributed by atoms with Crippen molar-refractivity contribution in [3.8, 4) is 44.5 Å². The van der Waals surface area contributed by atoms with Crippen molar-refractivity contribution in [3.63, 3.8) is 0 Å². The molecule has 11 rings (SSSR count). The van der Waals surface area contributed by atoms with E-state index in [1.165, 1.54) is 109 Å². The average Bonchev–Trinajstić information content (AvgIpc) is 3.22. The van der Waals surface area contributed by atoms with E-state index in [1.807, 2.05) is 0 Å². The van der Waals surface area contributed by atoms with Crippen LogP contribution in [0.2, 0.25) is 0 Å². The number of benzene rings is 11. The van der Waals surface area contributed by atoms with Gasteiger partial charge in [0.2, 0.25) is 0 Å². The maximum absolute atomic E-state index is 2.38. The van der Waals surface area contributed by atoms with Crippen LogP contribution in [0.1, 0.15) is 0 Å². The van der Waals surface area contributed by atoms with Crippen LogP contribution in [-0.2, 0) is 0 Å². The standard InChI is InChI=1S/C52H32/c1-3-14-33(15-4-1)36-30-37(34-16-5-2-6-17-34)32-38(31-36)39-28-29-46(41-21-8-7-20-40(39)41)50-43-22-9-10-23-44(43)51-47-26-12-19-35-18-11-24-42(49(35)47)45-25-13-27-48(50)52(45)51/h1-32H. The summed E-state index contributed by atoms with van der Waals surface area (Å²) >= 11 is 0. The first-order valence-electron chi connectivity index (χ1n) is 18.1. The highest BCUT2D eigenvalue weighted by Crippen LogP contribution is 2.49. The zero-order valence-electron chi connectivity index (χ0n) is 28.5. The summed E-state index contributed by atoms with van der Waals surface area (Å²) < 4.78 is 0. The number of hydrogen-bond donors (Lipinski definition) is 0. The summed E-state index contributed by atoms with van der Waals surface area (Å²) in [4.78, 5) is 0. The first-order valence-corrected chi connectivity index (χ1v) is 18.1. The molecule has 240 valence electrons. The van der Waals surface area contributed by atoms with Crippen LogP contribution in [0.4, 0.5) is 0 Å². The van der Waals surface area contributed by atoms with Crippen molar-refractivity contribution < 1.29 is 0 Å². The van der Waals surface area contributed by atoms with Crippen molar-refractivity contribution in [1.82, 2.24) is 0 Å². The Bertz CT molecular complexity index is 3090. The zero-order valence-corrected chi connectivity index (χ0v) is 28.5. The van der Waals surface area contributed by atoms with Gasteiger partial charge in [-0.15, -0.1) is 0 Å². The molecular formula is C52H32. The van der Waals surface area contributed by atoms with Gasteiger partial charge in [-0.2, -0.15) is 0 Å². The second-order valence-corrected chi connectivity index (χ2v) is 14.0. The minimum Gasteiger partial charge on any atom is -0.0622 e. The molecule has 0 heterocycles. The lowest BCUT2D eigenvalue weighted by molar-refractivity contribution is 1.57. The molecule has 0 bridgehead atoms. The van der Waals surface area contributed by atoms with E-state index in [9.17, 15) is 0 Å². The monoisotopic (exact) mass is 656 g/mol. The van der Waals surface area contributed by atoms with E-state index in [0.717, 1.165) is 0 Å². The third-order valence-electron chi connectivity index (χ3n) is 11.2. The van der Waals surface area contributed by atoms with Gasteiger partial charge in [0.1, 0.15) is 0 Å². The molecule has 52 heavy (non-hydrogen) atoms. The van der Waals surface area contributed by atoms with Crippen LogP contribution in [0.3, 0.4) is 0 Å². The minimum atomic E-state index is 1.22. The number of hydrogen-bond acceptors (Lipinski definition) is 0. The smallest absolute Gasteiger partial charge is 0.00137 e. The molecule has 0 amide bonds. The quantitative estimate of drug-likeness (QED) is 0.131. The van der Waals surface area contributed by atoms with Crippen molar-refractivity contribution in [2.75, 3.05) is 0 Å². The first kappa shape index (κ1) is 29.0. The summed E-state index contributed by atoms with van der Waals surface area (Å²) in [5.41, 5.74) is 9.89. The lowest BCUT2D eigenvalue weighted by atomic mass is 9.82. The lowest BCUT2D eigenvalue weighted by Crippen LogP contribution is -1.93. The molecule has 11 aromatic rings. The van der Waals surface area contributed by atoms with Crippen molar-refractivity contribution >= 4 is 64.6 Å². The van der Waals surface area contributed by atoms with E-state index in [0.29, 0.717) is 0 Å². The Morgan fingerprint density at radius 2 is 0.635 bits per heavy atom. The first-order chi connectivity index (χ1) is 25.8. The molecule has 0 aliphatic rings. The Morgan fingerprint density at radius 3 is 1.31 bits per heavy atom. The van der Waals surface area contributed by atoms with Crippen molar-refractivity contribution in [1.29, 1.82) is 0 Å². The van der Waals surface area contributed by atoms with E-state index in [-0.39, 0.29) is 0 Å². The van der Waals surface area contributed by atoms with Gasteiger partial charge >= 0.3 is 0 Å². The molecule has 0 radical (unpaired) electrons. The molecule has 0 heteroatoms. The number of rotatable bonds is 4. The SMILES string of the molecule is c1ccc(-c2cc(-c3ccccc3)cc(-c3ccc(-c4c5ccccc5c5c6cccc7cccc(c8cccc4c85)c76)c4ccccc34)c2)cc1. The van der Waals surface area contributed by atoms with Gasteiger partial charge in [-0.3, -0.25) is 0 Å². The van der Waals surface area contributed by atoms with Gasteiger partial charge in [-0.1, -0.05) is 176 Å². The Balaban J connectivity index is 1.23. The van der Waals surface area contributed by atoms with Gasteiger partial charge < -0.3 is 0 Å². The van der Waals surface area contributed by atoms with E-state index in [1.54, 1.807) is 0 Å². The molecule has 0 atom stereocenters. The Labute approximate surface area is 302 Å². The van der Waals surface area contributed by atoms with Crippen LogP contribution >= 0.6 is 0 Å². The van der Waals surface area contributed by atoms with Gasteiger partial charge in [-0.05, 0) is 127 Å². The summed E-state index contributed by atoms with van der Waals surface area (Å²) in [6.45, 7) is 0. The topological polar surface area (TPSA) is 0 Å². The third-order valence-corrected chi connectivity index (χ3v) is 11.2. The summed E-state index contributed by atoms with van der Waals surface area (Å²) in [5, 5.41) is 15.7. The van der Waals surface area contributed by atoms with E-state index < -0.39 is 0 Å². The van der Waals surface area contributed by atoms with Gasteiger partial charge in [0, 0.05) is 0 Å². The van der Waals surface area contributed by atoms with Crippen LogP contribution in [-0.4, -0.2) is 0 Å². The van der Waals surface area contributed by atoms with Crippen LogP contribution < -0.4 is 0 Å². The van der Waals surface area contributed by atoms with Gasteiger partial charge in [0.05, 0.1) is 0 Å². The molecule has 0 unspecified atom stereocenters. The normalized spacial score (nSPS) is 11.8. The highest BCUT2D eigenvalue weighted by Gasteiger charge is 2.21. The second-order valence-electron chi connectivity index (χ2n) is 14.0. The van der Waals surface area contributed by atoms with Crippen molar-refractivity contribution in [2.45, 2.75) is 0 Å². The van der Waals surface area contributed by atoms with Crippen LogP contribution in [0.25, 0.3) is 109 Å². The van der Waals surface area contributed by atoms with E-state index in [4.69, 9.17) is 0 Å². The Hall–Kier alpha value is -6.76. The van der Waals surface area contributed by atoms with E-state index >= 15 is 0 Å². The molecule has 0 fully saturated rings. The fourth-order valence-corrected chi connectivity index (χ4v) is 8.94. The summed E-state index contributed by atoms with van der Waals surface area (Å²) in [5.74, 6) is 0. The molecule has 0 aliphatic carbocycles. The summed E-state index contributed by atoms with van der Waals surface area (Å²) in [6, 6.07) is 71.7. The van der Waals surface area contributed by atoms with Crippen LogP contribution in [0.5, 0.6) is 0 Å². The fraction of sp³-hybridized carbons (Fsp3) is 0. The average molecular weight is 657 g/mol. The highest BCUT2D eigenvalue weighted by atomic mass is 14.2. The maximum atomic E-state index is 2.38. The summed E-state index contributed by atoms with van der Waals surface area (Å²) in [6.07, 6.45) is 0. The molecule has 11 aromatic carbocycles. The molecule has 0 saturated heterocycles. The van der Waals surface area contributed by atoms with Crippen molar-refractivity contribution in [2.24, 2.45) is 0 Å².